The van der Waals surface area contributed by atoms with Crippen LogP contribution >= 0.6 is 38.6 Å². The molecule has 1 aliphatic rings. The van der Waals surface area contributed by atoms with Crippen LogP contribution in [0.15, 0.2) is 22.7 Å². The highest BCUT2D eigenvalue weighted by atomic mass is 79.9. The molecule has 3 aromatic rings. The monoisotopic (exact) mass is 364 g/mol. The molecule has 5 heteroatoms. The quantitative estimate of drug-likeness (QED) is 0.674. The minimum Gasteiger partial charge on any atom is -0.312 e. The molecule has 0 radical (unpaired) electrons. The van der Waals surface area contributed by atoms with E-state index in [1.54, 1.807) is 11.3 Å². The lowest BCUT2D eigenvalue weighted by molar-refractivity contribution is 0.655. The average molecular weight is 365 g/mol. The van der Waals surface area contributed by atoms with Gasteiger partial charge in [0.15, 0.2) is 0 Å². The van der Waals surface area contributed by atoms with Gasteiger partial charge in [-0.15, -0.1) is 22.7 Å². The average Bonchev–Trinajstić information content (AvgIpc) is 2.97. The topological polar surface area (TPSA) is 24.9 Å². The largest absolute Gasteiger partial charge is 0.312 e. The molecule has 0 bridgehead atoms. The predicted octanol–water partition coefficient (Wildman–Crippen LogP) is 4.74. The summed E-state index contributed by atoms with van der Waals surface area (Å²) >= 11 is 7.25. The Bertz CT molecular complexity index is 804. The fourth-order valence-corrected chi connectivity index (χ4v) is 5.44. The van der Waals surface area contributed by atoms with Crippen molar-refractivity contribution in [2.75, 3.05) is 6.54 Å². The van der Waals surface area contributed by atoms with Gasteiger partial charge in [0.05, 0.1) is 10.2 Å². The lowest BCUT2D eigenvalue weighted by Gasteiger charge is -2.13. The summed E-state index contributed by atoms with van der Waals surface area (Å²) in [4.78, 5) is 7.75. The number of benzene rings is 1. The zero-order valence-corrected chi connectivity index (χ0v) is 14.2. The number of hydrogen-bond acceptors (Lipinski definition) is 4. The summed E-state index contributed by atoms with van der Waals surface area (Å²) in [6.07, 6.45) is 1.12. The fraction of sp³-hybridized carbons (Fsp3) is 0.267. The smallest absolute Gasteiger partial charge is 0.126 e. The number of rotatable bonds is 1. The number of aryl methyl sites for hydroxylation is 1. The molecule has 0 amide bonds. The Balaban J connectivity index is 1.92. The third-order valence-electron chi connectivity index (χ3n) is 3.67. The molecular formula is C15H13BrN2S2. The molecule has 2 nitrogen and oxygen atoms in total. The molecule has 0 saturated heterocycles. The highest BCUT2D eigenvalue weighted by Gasteiger charge is 2.21. The normalized spacial score (nSPS) is 14.7. The van der Waals surface area contributed by atoms with Gasteiger partial charge in [0.2, 0.25) is 0 Å². The van der Waals surface area contributed by atoms with Crippen molar-refractivity contribution in [3.63, 3.8) is 0 Å². The first kappa shape index (κ1) is 13.0. The number of hydrogen-bond donors (Lipinski definition) is 1. The molecule has 20 heavy (non-hydrogen) atoms. The van der Waals surface area contributed by atoms with Gasteiger partial charge in [-0.1, -0.05) is 15.9 Å². The van der Waals surface area contributed by atoms with Crippen molar-refractivity contribution >= 4 is 48.8 Å². The first-order chi connectivity index (χ1) is 9.72. The van der Waals surface area contributed by atoms with Gasteiger partial charge in [0.1, 0.15) is 5.01 Å². The summed E-state index contributed by atoms with van der Waals surface area (Å²) in [7, 11) is 0. The lowest BCUT2D eigenvalue weighted by atomic mass is 10.0. The van der Waals surface area contributed by atoms with E-state index in [1.165, 1.54) is 30.6 Å². The SMILES string of the molecule is Cc1sc2c(c1-c1nc3cc(Br)ccc3s1)CCNC2. The van der Waals surface area contributed by atoms with Gasteiger partial charge in [-0.25, -0.2) is 4.98 Å². The van der Waals surface area contributed by atoms with Crippen LogP contribution in [0.25, 0.3) is 20.8 Å². The Morgan fingerprint density at radius 3 is 3.10 bits per heavy atom. The summed E-state index contributed by atoms with van der Waals surface area (Å²) in [5, 5.41) is 4.63. The Kier molecular flexibility index (Phi) is 3.18. The number of nitrogens with one attached hydrogen (secondary N) is 1. The van der Waals surface area contributed by atoms with Crippen molar-refractivity contribution in [1.29, 1.82) is 0 Å². The summed E-state index contributed by atoms with van der Waals surface area (Å²) in [6, 6.07) is 6.34. The van der Waals surface area contributed by atoms with Crippen LogP contribution in [0.1, 0.15) is 15.3 Å². The maximum Gasteiger partial charge on any atom is 0.126 e. The standard InChI is InChI=1S/C15H13BrN2S2/c1-8-14(10-4-5-17-7-13(10)19-8)15-18-11-6-9(16)2-3-12(11)20-15/h2-3,6,17H,4-5,7H2,1H3. The highest BCUT2D eigenvalue weighted by Crippen LogP contribution is 2.41. The lowest BCUT2D eigenvalue weighted by Crippen LogP contribution is -2.22. The van der Waals surface area contributed by atoms with E-state index in [0.29, 0.717) is 0 Å². The van der Waals surface area contributed by atoms with E-state index in [2.05, 4.69) is 46.4 Å². The van der Waals surface area contributed by atoms with Crippen LogP contribution in [0.2, 0.25) is 0 Å². The molecule has 0 aliphatic carbocycles. The van der Waals surface area contributed by atoms with Crippen molar-refractivity contribution in [2.45, 2.75) is 19.9 Å². The maximum atomic E-state index is 4.86. The van der Waals surface area contributed by atoms with Gasteiger partial charge >= 0.3 is 0 Å². The molecule has 0 fully saturated rings. The van der Waals surface area contributed by atoms with E-state index >= 15 is 0 Å². The molecular weight excluding hydrogens is 352 g/mol. The molecule has 3 heterocycles. The minimum atomic E-state index is 1.01. The minimum absolute atomic E-state index is 1.01. The van der Waals surface area contributed by atoms with Crippen molar-refractivity contribution in [2.24, 2.45) is 0 Å². The van der Waals surface area contributed by atoms with Gasteiger partial charge in [-0.2, -0.15) is 0 Å². The van der Waals surface area contributed by atoms with E-state index in [1.807, 2.05) is 11.3 Å². The number of thiazole rings is 1. The Morgan fingerprint density at radius 2 is 2.20 bits per heavy atom. The van der Waals surface area contributed by atoms with Crippen LogP contribution in [0, 0.1) is 6.92 Å². The molecule has 0 saturated carbocycles. The summed E-state index contributed by atoms with van der Waals surface area (Å²) in [6.45, 7) is 4.31. The molecule has 1 aliphatic heterocycles. The summed E-state index contributed by atoms with van der Waals surface area (Å²) in [5.74, 6) is 0. The Hall–Kier alpha value is -0.750. The van der Waals surface area contributed by atoms with Gasteiger partial charge in [-0.3, -0.25) is 0 Å². The van der Waals surface area contributed by atoms with Crippen molar-refractivity contribution in [1.82, 2.24) is 10.3 Å². The van der Waals surface area contributed by atoms with Crippen LogP contribution in [-0.2, 0) is 13.0 Å². The van der Waals surface area contributed by atoms with Gasteiger partial charge < -0.3 is 5.32 Å². The Morgan fingerprint density at radius 1 is 1.30 bits per heavy atom. The molecule has 0 unspecified atom stereocenters. The van der Waals surface area contributed by atoms with Crippen LogP contribution in [-0.4, -0.2) is 11.5 Å². The van der Waals surface area contributed by atoms with E-state index in [4.69, 9.17) is 4.98 Å². The second-order valence-electron chi connectivity index (χ2n) is 4.99. The molecule has 0 atom stereocenters. The van der Waals surface area contributed by atoms with Gasteiger partial charge in [0, 0.05) is 26.3 Å². The summed E-state index contributed by atoms with van der Waals surface area (Å²) < 4.78 is 2.35. The van der Waals surface area contributed by atoms with E-state index in [-0.39, 0.29) is 0 Å². The van der Waals surface area contributed by atoms with Crippen molar-refractivity contribution in [3.05, 3.63) is 38.0 Å². The predicted molar refractivity (Wildman–Crippen MR) is 90.8 cm³/mol. The maximum absolute atomic E-state index is 4.86. The van der Waals surface area contributed by atoms with Crippen LogP contribution < -0.4 is 5.32 Å². The zero-order chi connectivity index (χ0) is 13.7. The first-order valence-corrected chi connectivity index (χ1v) is 9.03. The molecule has 4 rings (SSSR count). The van der Waals surface area contributed by atoms with E-state index in [9.17, 15) is 0 Å². The third kappa shape index (κ3) is 2.04. The van der Waals surface area contributed by atoms with Crippen molar-refractivity contribution in [3.8, 4) is 10.6 Å². The van der Waals surface area contributed by atoms with Gasteiger partial charge in [-0.05, 0) is 43.7 Å². The second-order valence-corrected chi connectivity index (χ2v) is 8.25. The number of nitrogens with zero attached hydrogens (tertiary/aromatic N) is 1. The zero-order valence-electron chi connectivity index (χ0n) is 11.0. The summed E-state index contributed by atoms with van der Waals surface area (Å²) in [5.41, 5.74) is 4.00. The fourth-order valence-electron chi connectivity index (χ4n) is 2.76. The van der Waals surface area contributed by atoms with Crippen LogP contribution in [0.3, 0.4) is 0 Å². The number of aromatic nitrogens is 1. The molecule has 102 valence electrons. The second kappa shape index (κ2) is 4.91. The van der Waals surface area contributed by atoms with E-state index in [0.717, 1.165) is 29.5 Å². The molecule has 1 aromatic carbocycles. The molecule has 2 aromatic heterocycles. The number of fused-ring (bicyclic) bond motifs is 2. The van der Waals surface area contributed by atoms with Crippen molar-refractivity contribution < 1.29 is 0 Å². The number of halogens is 1. The first-order valence-electron chi connectivity index (χ1n) is 6.60. The third-order valence-corrected chi connectivity index (χ3v) is 6.36. The van der Waals surface area contributed by atoms with Gasteiger partial charge in [0.25, 0.3) is 0 Å². The number of thiophene rings is 1. The van der Waals surface area contributed by atoms with E-state index < -0.39 is 0 Å². The molecule has 0 spiro atoms. The molecule has 1 N–H and O–H groups in total. The Labute approximate surface area is 134 Å². The van der Waals surface area contributed by atoms with Crippen LogP contribution in [0.5, 0.6) is 0 Å². The van der Waals surface area contributed by atoms with Crippen LogP contribution in [0.4, 0.5) is 0 Å². The highest BCUT2D eigenvalue weighted by molar-refractivity contribution is 9.10.